The molecule has 0 radical (unpaired) electrons. The molecular formula is C11H17ClN2. The Hall–Kier alpha value is -0.730. The van der Waals surface area contributed by atoms with Crippen LogP contribution in [0.2, 0.25) is 5.02 Å². The van der Waals surface area contributed by atoms with E-state index in [1.165, 1.54) is 0 Å². The highest BCUT2D eigenvalue weighted by Crippen LogP contribution is 2.23. The molecule has 0 spiro atoms. The zero-order valence-electron chi connectivity index (χ0n) is 8.84. The minimum atomic E-state index is 0.104. The van der Waals surface area contributed by atoms with Crippen LogP contribution in [0.5, 0.6) is 0 Å². The van der Waals surface area contributed by atoms with Crippen molar-refractivity contribution in [3.63, 3.8) is 0 Å². The Morgan fingerprint density at radius 2 is 2.00 bits per heavy atom. The summed E-state index contributed by atoms with van der Waals surface area (Å²) >= 11 is 6.07. The first-order valence-corrected chi connectivity index (χ1v) is 5.17. The van der Waals surface area contributed by atoms with Crippen LogP contribution in [0.1, 0.15) is 19.4 Å². The third-order valence-corrected chi connectivity index (χ3v) is 2.61. The highest BCUT2D eigenvalue weighted by Gasteiger charge is 2.08. The highest BCUT2D eigenvalue weighted by molar-refractivity contribution is 6.33. The number of rotatable bonds is 3. The van der Waals surface area contributed by atoms with Crippen LogP contribution in [0, 0.1) is 6.92 Å². The predicted octanol–water partition coefficient (Wildman–Crippen LogP) is 2.80. The van der Waals surface area contributed by atoms with Crippen LogP contribution in [0.15, 0.2) is 18.2 Å². The molecule has 0 aliphatic rings. The van der Waals surface area contributed by atoms with Crippen molar-refractivity contribution in [1.29, 1.82) is 0 Å². The van der Waals surface area contributed by atoms with Gasteiger partial charge in [-0.25, -0.2) is 0 Å². The second-order valence-electron chi connectivity index (χ2n) is 3.78. The van der Waals surface area contributed by atoms with Crippen molar-refractivity contribution >= 4 is 17.3 Å². The average Bonchev–Trinajstić information content (AvgIpc) is 2.09. The summed E-state index contributed by atoms with van der Waals surface area (Å²) in [7, 11) is 0. The summed E-state index contributed by atoms with van der Waals surface area (Å²) in [6.45, 7) is 6.03. The van der Waals surface area contributed by atoms with E-state index in [9.17, 15) is 0 Å². The van der Waals surface area contributed by atoms with Crippen molar-refractivity contribution < 1.29 is 0 Å². The summed E-state index contributed by atoms with van der Waals surface area (Å²) in [5, 5.41) is 4.03. The fourth-order valence-corrected chi connectivity index (χ4v) is 1.40. The Balaban J connectivity index is 2.77. The van der Waals surface area contributed by atoms with Gasteiger partial charge in [-0.15, -0.1) is 0 Å². The zero-order valence-corrected chi connectivity index (χ0v) is 9.60. The molecule has 0 heterocycles. The molecule has 0 aliphatic heterocycles. The van der Waals surface area contributed by atoms with Crippen molar-refractivity contribution in [1.82, 2.24) is 0 Å². The third-order valence-electron chi connectivity index (χ3n) is 2.30. The molecule has 3 N–H and O–H groups in total. The number of anilines is 1. The van der Waals surface area contributed by atoms with Crippen LogP contribution < -0.4 is 11.1 Å². The minimum Gasteiger partial charge on any atom is -0.380 e. The van der Waals surface area contributed by atoms with Crippen molar-refractivity contribution in [2.75, 3.05) is 5.32 Å². The summed E-state index contributed by atoms with van der Waals surface area (Å²) in [5.74, 6) is 0. The number of hydrogen-bond donors (Lipinski definition) is 2. The second-order valence-corrected chi connectivity index (χ2v) is 4.18. The summed E-state index contributed by atoms with van der Waals surface area (Å²) in [6.07, 6.45) is 0. The molecule has 0 aliphatic carbocycles. The van der Waals surface area contributed by atoms with E-state index in [2.05, 4.69) is 5.32 Å². The number of halogens is 1. The van der Waals surface area contributed by atoms with Crippen LogP contribution in [-0.4, -0.2) is 12.1 Å². The van der Waals surface area contributed by atoms with E-state index >= 15 is 0 Å². The van der Waals surface area contributed by atoms with Crippen LogP contribution in [0.3, 0.4) is 0 Å². The number of benzene rings is 1. The molecule has 0 saturated heterocycles. The lowest BCUT2D eigenvalue weighted by atomic mass is 10.1. The average molecular weight is 213 g/mol. The quantitative estimate of drug-likeness (QED) is 0.809. The van der Waals surface area contributed by atoms with Crippen LogP contribution in [-0.2, 0) is 0 Å². The number of nitrogens with one attached hydrogen (secondary N) is 1. The van der Waals surface area contributed by atoms with Gasteiger partial charge in [0.15, 0.2) is 0 Å². The van der Waals surface area contributed by atoms with E-state index in [-0.39, 0.29) is 12.1 Å². The van der Waals surface area contributed by atoms with Gasteiger partial charge in [0.1, 0.15) is 0 Å². The minimum absolute atomic E-state index is 0.104. The topological polar surface area (TPSA) is 38.0 Å². The van der Waals surface area contributed by atoms with E-state index in [0.717, 1.165) is 16.3 Å². The number of hydrogen-bond acceptors (Lipinski definition) is 2. The first-order chi connectivity index (χ1) is 6.50. The largest absolute Gasteiger partial charge is 0.380 e. The third kappa shape index (κ3) is 2.89. The van der Waals surface area contributed by atoms with Gasteiger partial charge in [-0.1, -0.05) is 17.7 Å². The first-order valence-electron chi connectivity index (χ1n) is 4.79. The molecule has 1 aromatic rings. The summed E-state index contributed by atoms with van der Waals surface area (Å²) in [5.41, 5.74) is 7.87. The summed E-state index contributed by atoms with van der Waals surface area (Å²) in [4.78, 5) is 0. The lowest BCUT2D eigenvalue weighted by molar-refractivity contribution is 0.638. The number of aryl methyl sites for hydroxylation is 1. The number of nitrogens with two attached hydrogens (primary N) is 1. The van der Waals surface area contributed by atoms with Crippen molar-refractivity contribution in [2.45, 2.75) is 32.9 Å². The van der Waals surface area contributed by atoms with Gasteiger partial charge in [0.25, 0.3) is 0 Å². The Kier molecular flexibility index (Phi) is 3.78. The summed E-state index contributed by atoms with van der Waals surface area (Å²) < 4.78 is 0. The highest BCUT2D eigenvalue weighted by atomic mass is 35.5. The Bertz CT molecular complexity index is 310. The van der Waals surface area contributed by atoms with Gasteiger partial charge < -0.3 is 11.1 Å². The van der Waals surface area contributed by atoms with Crippen LogP contribution in [0.25, 0.3) is 0 Å². The van der Waals surface area contributed by atoms with Gasteiger partial charge in [-0.3, -0.25) is 0 Å². The maximum Gasteiger partial charge on any atom is 0.0640 e. The van der Waals surface area contributed by atoms with Crippen molar-refractivity contribution in [3.8, 4) is 0 Å². The van der Waals surface area contributed by atoms with Gasteiger partial charge in [-0.05, 0) is 38.5 Å². The molecule has 2 atom stereocenters. The maximum absolute atomic E-state index is 6.07. The molecule has 0 bridgehead atoms. The molecular weight excluding hydrogens is 196 g/mol. The van der Waals surface area contributed by atoms with E-state index in [0.29, 0.717) is 0 Å². The molecule has 14 heavy (non-hydrogen) atoms. The van der Waals surface area contributed by atoms with Gasteiger partial charge >= 0.3 is 0 Å². The molecule has 1 rings (SSSR count). The fraction of sp³-hybridized carbons (Fsp3) is 0.455. The molecule has 0 saturated carbocycles. The maximum atomic E-state index is 6.07. The molecule has 1 aromatic carbocycles. The van der Waals surface area contributed by atoms with Crippen molar-refractivity contribution in [2.24, 2.45) is 5.73 Å². The molecule has 78 valence electrons. The normalized spacial score (nSPS) is 14.9. The molecule has 0 amide bonds. The summed E-state index contributed by atoms with van der Waals surface area (Å²) in [6, 6.07) is 6.28. The first kappa shape index (κ1) is 11.3. The van der Waals surface area contributed by atoms with Gasteiger partial charge in [0.2, 0.25) is 0 Å². The van der Waals surface area contributed by atoms with E-state index in [4.69, 9.17) is 17.3 Å². The van der Waals surface area contributed by atoms with E-state index < -0.39 is 0 Å². The van der Waals surface area contributed by atoms with Gasteiger partial charge in [0, 0.05) is 12.1 Å². The van der Waals surface area contributed by atoms with Gasteiger partial charge in [-0.2, -0.15) is 0 Å². The Morgan fingerprint density at radius 3 is 2.50 bits per heavy atom. The van der Waals surface area contributed by atoms with E-state index in [1.54, 1.807) is 0 Å². The van der Waals surface area contributed by atoms with Crippen LogP contribution >= 0.6 is 11.6 Å². The monoisotopic (exact) mass is 212 g/mol. The fourth-order valence-electron chi connectivity index (χ4n) is 1.11. The predicted molar refractivity (Wildman–Crippen MR) is 62.9 cm³/mol. The smallest absolute Gasteiger partial charge is 0.0640 e. The lowest BCUT2D eigenvalue weighted by Crippen LogP contribution is -2.35. The second kappa shape index (κ2) is 4.67. The lowest BCUT2D eigenvalue weighted by Gasteiger charge is -2.19. The van der Waals surface area contributed by atoms with Crippen LogP contribution in [0.4, 0.5) is 5.69 Å². The molecule has 2 nitrogen and oxygen atoms in total. The molecule has 0 fully saturated rings. The molecule has 0 aromatic heterocycles. The van der Waals surface area contributed by atoms with Gasteiger partial charge in [0.05, 0.1) is 10.7 Å². The van der Waals surface area contributed by atoms with E-state index in [1.807, 2.05) is 39.0 Å². The SMILES string of the molecule is Cc1ccc(NC(C)C(C)N)c(Cl)c1. The standard InChI is InChI=1S/C11H17ClN2/c1-7-4-5-11(10(12)6-7)14-9(3)8(2)13/h4-6,8-9,14H,13H2,1-3H3. The Morgan fingerprint density at radius 1 is 1.36 bits per heavy atom. The Labute approximate surface area is 90.4 Å². The van der Waals surface area contributed by atoms with Crippen molar-refractivity contribution in [3.05, 3.63) is 28.8 Å². The molecule has 3 heteroatoms. The zero-order chi connectivity index (χ0) is 10.7. The molecule has 2 unspecified atom stereocenters.